The van der Waals surface area contributed by atoms with Crippen molar-refractivity contribution in [2.75, 3.05) is 31.9 Å². The van der Waals surface area contributed by atoms with E-state index < -0.39 is 59.2 Å². The van der Waals surface area contributed by atoms with Crippen LogP contribution in [-0.4, -0.2) is 88.3 Å². The Morgan fingerprint density at radius 3 is 2.60 bits per heavy atom. The number of rotatable bonds is 9. The minimum absolute atomic E-state index is 0.0304. The zero-order valence-corrected chi connectivity index (χ0v) is 23.6. The molecule has 1 fully saturated rings. The Morgan fingerprint density at radius 2 is 2.00 bits per heavy atom. The van der Waals surface area contributed by atoms with Gasteiger partial charge in [0.25, 0.3) is 11.8 Å². The zero-order valence-electron chi connectivity index (χ0n) is 22.0. The van der Waals surface area contributed by atoms with Gasteiger partial charge in [0, 0.05) is 18.2 Å². The molecule has 0 aromatic carbocycles. The van der Waals surface area contributed by atoms with Gasteiger partial charge in [-0.25, -0.2) is 14.6 Å². The van der Waals surface area contributed by atoms with Crippen LogP contribution in [0.3, 0.4) is 0 Å². The van der Waals surface area contributed by atoms with Crippen molar-refractivity contribution in [1.82, 2.24) is 20.5 Å². The highest BCUT2D eigenvalue weighted by atomic mass is 32.2. The molecule has 1 aromatic heterocycles. The highest BCUT2D eigenvalue weighted by molar-refractivity contribution is 8.00. The van der Waals surface area contributed by atoms with Gasteiger partial charge in [-0.05, 0) is 32.4 Å². The van der Waals surface area contributed by atoms with Crippen LogP contribution in [0.4, 0.5) is 9.93 Å². The van der Waals surface area contributed by atoms with Crippen molar-refractivity contribution in [2.45, 2.75) is 32.2 Å². The van der Waals surface area contributed by atoms with E-state index in [1.165, 1.54) is 36.3 Å². The maximum atomic E-state index is 13.1. The van der Waals surface area contributed by atoms with Gasteiger partial charge in [-0.15, -0.1) is 23.1 Å². The third-order valence-corrected chi connectivity index (χ3v) is 7.36. The van der Waals surface area contributed by atoms with Gasteiger partial charge in [0.15, 0.2) is 10.8 Å². The summed E-state index contributed by atoms with van der Waals surface area (Å²) in [5.74, 6) is -2.82. The first-order valence-corrected chi connectivity index (χ1v) is 13.6. The second-order valence-electron chi connectivity index (χ2n) is 9.24. The number of nitrogen functional groups attached to an aromatic ring is 1. The number of oxime groups is 1. The van der Waals surface area contributed by atoms with E-state index >= 15 is 0 Å². The molecule has 3 rings (SSSR count). The van der Waals surface area contributed by atoms with Crippen molar-refractivity contribution in [1.29, 1.82) is 0 Å². The predicted molar refractivity (Wildman–Crippen MR) is 143 cm³/mol. The number of ether oxygens (including phenoxy) is 3. The molecule has 0 saturated carbocycles. The summed E-state index contributed by atoms with van der Waals surface area (Å²) < 4.78 is 15.0. The molecule has 5 N–H and O–H groups in total. The molecule has 0 radical (unpaired) electrons. The largest absolute Gasteiger partial charge is 0.445 e. The van der Waals surface area contributed by atoms with Gasteiger partial charge in [-0.3, -0.25) is 19.3 Å². The molecule has 2 atom stereocenters. The average molecular weight is 597 g/mol. The molecule has 40 heavy (non-hydrogen) atoms. The quantitative estimate of drug-likeness (QED) is 0.0769. The van der Waals surface area contributed by atoms with Crippen LogP contribution in [0.2, 0.25) is 0 Å². The zero-order chi connectivity index (χ0) is 29.6. The predicted octanol–water partition coefficient (Wildman–Crippen LogP) is 0.560. The molecule has 15 nitrogen and oxygen atoms in total. The number of nitrogens with two attached hydrogens (primary N) is 1. The topological polar surface area (TPSA) is 212 Å². The van der Waals surface area contributed by atoms with Crippen LogP contribution in [0.5, 0.6) is 0 Å². The van der Waals surface area contributed by atoms with E-state index in [-0.39, 0.29) is 28.9 Å². The minimum atomic E-state index is -1.06. The number of thioether (sulfide) groups is 1. The summed E-state index contributed by atoms with van der Waals surface area (Å²) in [6.45, 7) is 4.11. The lowest BCUT2D eigenvalue weighted by atomic mass is 9.98. The highest BCUT2D eigenvalue weighted by Gasteiger charge is 2.54. The van der Waals surface area contributed by atoms with Crippen molar-refractivity contribution in [3.63, 3.8) is 0 Å². The molecule has 3 heterocycles. The number of thiazole rings is 1. The Balaban J connectivity index is 1.77. The lowest BCUT2D eigenvalue weighted by Gasteiger charge is -2.49. The first kappa shape index (κ1) is 30.4. The number of hydrogen-bond acceptors (Lipinski definition) is 14. The Morgan fingerprint density at radius 1 is 1.27 bits per heavy atom. The Bertz CT molecular complexity index is 1280. The Kier molecular flexibility index (Phi) is 9.75. The normalized spacial score (nSPS) is 19.1. The second-order valence-corrected chi connectivity index (χ2v) is 11.2. The number of alkyl carbamates (subject to hydrolysis) is 1. The third-order valence-electron chi connectivity index (χ3n) is 5.38. The summed E-state index contributed by atoms with van der Waals surface area (Å²) in [4.78, 5) is 67.4. The van der Waals surface area contributed by atoms with E-state index in [4.69, 9.17) is 19.9 Å². The van der Waals surface area contributed by atoms with Crippen molar-refractivity contribution in [2.24, 2.45) is 10.6 Å². The number of nitrogens with zero attached hydrogens (tertiary/aromatic N) is 3. The summed E-state index contributed by atoms with van der Waals surface area (Å²) in [6, 6.07) is -1.06. The molecule has 3 amide bonds. The standard InChI is InChI=1S/C23H28N6O9S2/c1-23(2,3)20(33)38-10-37-19(32)15-11(6-5-7-36-22(34)25-4)8-39-18-14(17(31)29(15)18)27-16(30)13(28-35)12-9-40-21(24)26-12/h5-6,9,14,18,35H,7-8,10H2,1-4H3,(H2,24,26)(H,25,34)(H,27,30)/b6-5-,28-13-. The van der Waals surface area contributed by atoms with E-state index in [0.717, 1.165) is 16.2 Å². The van der Waals surface area contributed by atoms with Crippen LogP contribution < -0.4 is 16.4 Å². The van der Waals surface area contributed by atoms with E-state index in [2.05, 4.69) is 20.8 Å². The van der Waals surface area contributed by atoms with Crippen LogP contribution in [-0.2, 0) is 33.4 Å². The number of hydrogen-bond donors (Lipinski definition) is 4. The number of β-lactam (4-membered cyclic amide) rings is 1. The molecular formula is C23H28N6O9S2. The van der Waals surface area contributed by atoms with Gasteiger partial charge in [0.1, 0.15) is 29.4 Å². The van der Waals surface area contributed by atoms with Crippen LogP contribution in [0.25, 0.3) is 0 Å². The van der Waals surface area contributed by atoms with Crippen molar-refractivity contribution >= 4 is 63.8 Å². The van der Waals surface area contributed by atoms with Crippen molar-refractivity contribution in [3.8, 4) is 0 Å². The SMILES string of the molecule is CNC(=O)OC/C=C\C1=C(C(=O)OCOC(=O)C(C)(C)C)N2C(=O)C(NC(=O)/C(=N\O)c3csc(N)n3)C2SC1. The Labute approximate surface area is 236 Å². The van der Waals surface area contributed by atoms with Crippen LogP contribution >= 0.6 is 23.1 Å². The number of carbonyl (C=O) groups is 5. The van der Waals surface area contributed by atoms with Gasteiger partial charge >= 0.3 is 18.0 Å². The summed E-state index contributed by atoms with van der Waals surface area (Å²) in [6.07, 6.45) is 2.33. The number of aromatic nitrogens is 1. The fraction of sp³-hybridized carbons (Fsp3) is 0.435. The number of carbonyl (C=O) groups excluding carboxylic acids is 5. The fourth-order valence-corrected chi connectivity index (χ4v) is 5.25. The van der Waals surface area contributed by atoms with E-state index in [9.17, 15) is 29.2 Å². The van der Waals surface area contributed by atoms with E-state index in [0.29, 0.717) is 5.57 Å². The van der Waals surface area contributed by atoms with E-state index in [1.54, 1.807) is 20.8 Å². The van der Waals surface area contributed by atoms with Crippen molar-refractivity contribution < 1.29 is 43.4 Å². The smallest absolute Gasteiger partial charge is 0.407 e. The van der Waals surface area contributed by atoms with Gasteiger partial charge in [-0.1, -0.05) is 11.2 Å². The summed E-state index contributed by atoms with van der Waals surface area (Å²) in [5.41, 5.74) is 4.61. The first-order valence-electron chi connectivity index (χ1n) is 11.7. The molecule has 0 bridgehead atoms. The molecule has 216 valence electrons. The number of anilines is 1. The van der Waals surface area contributed by atoms with Gasteiger partial charge in [0.05, 0.1) is 5.41 Å². The minimum Gasteiger partial charge on any atom is -0.445 e. The molecule has 0 spiro atoms. The lowest BCUT2D eigenvalue weighted by Crippen LogP contribution is -2.71. The maximum absolute atomic E-state index is 13.1. The molecular weight excluding hydrogens is 568 g/mol. The molecule has 0 aliphatic carbocycles. The van der Waals surface area contributed by atoms with Gasteiger partial charge in [0.2, 0.25) is 6.79 Å². The monoisotopic (exact) mass is 596 g/mol. The summed E-state index contributed by atoms with van der Waals surface area (Å²) >= 11 is 2.28. The number of esters is 2. The van der Waals surface area contributed by atoms with Gasteiger partial charge in [-0.2, -0.15) is 0 Å². The molecule has 1 saturated heterocycles. The molecule has 2 aliphatic rings. The Hall–Kier alpha value is -4.12. The van der Waals surface area contributed by atoms with Crippen LogP contribution in [0.15, 0.2) is 34.0 Å². The van der Waals surface area contributed by atoms with Crippen LogP contribution in [0.1, 0.15) is 26.5 Å². The third kappa shape index (κ3) is 6.90. The first-order chi connectivity index (χ1) is 18.9. The van der Waals surface area contributed by atoms with Crippen LogP contribution in [0, 0.1) is 5.41 Å². The van der Waals surface area contributed by atoms with Crippen molar-refractivity contribution in [3.05, 3.63) is 34.5 Å². The van der Waals surface area contributed by atoms with Gasteiger partial charge < -0.3 is 35.8 Å². The molecule has 2 unspecified atom stereocenters. The number of fused-ring (bicyclic) bond motifs is 1. The lowest BCUT2D eigenvalue weighted by molar-refractivity contribution is -0.173. The maximum Gasteiger partial charge on any atom is 0.407 e. The average Bonchev–Trinajstić information content (AvgIpc) is 3.34. The summed E-state index contributed by atoms with van der Waals surface area (Å²) in [7, 11) is 1.40. The fourth-order valence-electron chi connectivity index (χ4n) is 3.39. The second kappa shape index (κ2) is 12.8. The highest BCUT2D eigenvalue weighted by Crippen LogP contribution is 2.41. The molecule has 2 aliphatic heterocycles. The number of amides is 3. The number of allylic oxidation sites excluding steroid dienone is 1. The van der Waals surface area contributed by atoms with E-state index in [1.807, 2.05) is 0 Å². The molecule has 1 aromatic rings. The number of nitrogens with one attached hydrogen (secondary N) is 2. The molecule has 17 heteroatoms. The summed E-state index contributed by atoms with van der Waals surface area (Å²) in [5, 5.41) is 18.0.